The molecule has 2 heterocycles. The molecular formula is C16H22N2O2. The second-order valence-corrected chi connectivity index (χ2v) is 6.04. The fourth-order valence-electron chi connectivity index (χ4n) is 3.70. The summed E-state index contributed by atoms with van der Waals surface area (Å²) in [4.78, 5) is 15.8. The number of piperidine rings is 2. The molecule has 1 aromatic rings. The number of nitrogens with zero attached hydrogens (tertiary/aromatic N) is 2. The van der Waals surface area contributed by atoms with Crippen molar-refractivity contribution in [1.82, 2.24) is 4.90 Å². The Labute approximate surface area is 120 Å². The van der Waals surface area contributed by atoms with Crippen molar-refractivity contribution in [2.24, 2.45) is 5.92 Å². The van der Waals surface area contributed by atoms with Crippen LogP contribution in [0.1, 0.15) is 29.6 Å². The molecule has 1 N–H and O–H groups in total. The molecule has 0 saturated carbocycles. The number of fused-ring (bicyclic) bond motifs is 1. The molecule has 2 unspecified atom stereocenters. The molecule has 0 spiro atoms. The molecule has 0 amide bonds. The number of benzene rings is 1. The highest BCUT2D eigenvalue weighted by Gasteiger charge is 2.34. The van der Waals surface area contributed by atoms with Crippen molar-refractivity contribution >= 4 is 11.7 Å². The van der Waals surface area contributed by atoms with Gasteiger partial charge in [0.2, 0.25) is 0 Å². The predicted octanol–water partition coefficient (Wildman–Crippen LogP) is 2.31. The smallest absolute Gasteiger partial charge is 0.335 e. The fraction of sp³-hybridized carbons (Fsp3) is 0.562. The normalized spacial score (nSPS) is 27.1. The lowest BCUT2D eigenvalue weighted by molar-refractivity contribution is 0.0697. The number of hydrogen-bond acceptors (Lipinski definition) is 3. The summed E-state index contributed by atoms with van der Waals surface area (Å²) in [6.07, 6.45) is 3.82. The number of carboxylic acid groups (broad SMARTS) is 1. The first-order valence-corrected chi connectivity index (χ1v) is 7.43. The number of hydrogen-bond donors (Lipinski definition) is 1. The number of carboxylic acids is 1. The molecule has 4 nitrogen and oxygen atoms in total. The average Bonchev–Trinajstić information content (AvgIpc) is 2.47. The second kappa shape index (κ2) is 5.44. The van der Waals surface area contributed by atoms with Gasteiger partial charge in [0.25, 0.3) is 0 Å². The maximum atomic E-state index is 10.9. The highest BCUT2D eigenvalue weighted by atomic mass is 16.4. The summed E-state index contributed by atoms with van der Waals surface area (Å²) >= 11 is 0. The number of aromatic carboxylic acids is 1. The first-order chi connectivity index (χ1) is 9.65. The summed E-state index contributed by atoms with van der Waals surface area (Å²) in [6.45, 7) is 3.40. The number of rotatable bonds is 2. The van der Waals surface area contributed by atoms with Gasteiger partial charge in [-0.15, -0.1) is 0 Å². The standard InChI is InChI=1S/C16H22N2O2/c1-17-9-2-3-13-11-18(10-8-15(13)17)14-6-4-12(5-7-14)16(19)20/h4-7,13,15H,2-3,8-11H2,1H3,(H,19,20). The summed E-state index contributed by atoms with van der Waals surface area (Å²) in [5.41, 5.74) is 1.52. The number of likely N-dealkylation sites (tertiary alicyclic amines) is 1. The molecule has 0 bridgehead atoms. The predicted molar refractivity (Wildman–Crippen MR) is 79.4 cm³/mol. The van der Waals surface area contributed by atoms with Crippen molar-refractivity contribution in [2.75, 3.05) is 31.6 Å². The Bertz CT molecular complexity index is 486. The zero-order chi connectivity index (χ0) is 14.1. The van der Waals surface area contributed by atoms with E-state index < -0.39 is 5.97 Å². The van der Waals surface area contributed by atoms with Crippen molar-refractivity contribution in [3.05, 3.63) is 29.8 Å². The first kappa shape index (κ1) is 13.4. The van der Waals surface area contributed by atoms with Crippen molar-refractivity contribution in [1.29, 1.82) is 0 Å². The van der Waals surface area contributed by atoms with E-state index in [9.17, 15) is 4.79 Å². The molecule has 20 heavy (non-hydrogen) atoms. The molecule has 2 aliphatic heterocycles. The molecule has 2 fully saturated rings. The van der Waals surface area contributed by atoms with Crippen molar-refractivity contribution in [3.63, 3.8) is 0 Å². The van der Waals surface area contributed by atoms with Crippen LogP contribution in [0.3, 0.4) is 0 Å². The summed E-state index contributed by atoms with van der Waals surface area (Å²) < 4.78 is 0. The molecule has 2 saturated heterocycles. The van der Waals surface area contributed by atoms with E-state index in [4.69, 9.17) is 5.11 Å². The van der Waals surface area contributed by atoms with Crippen LogP contribution in [-0.4, -0.2) is 48.7 Å². The minimum atomic E-state index is -0.857. The molecule has 2 aliphatic rings. The highest BCUT2D eigenvalue weighted by molar-refractivity contribution is 5.88. The second-order valence-electron chi connectivity index (χ2n) is 6.04. The molecule has 2 atom stereocenters. The summed E-state index contributed by atoms with van der Waals surface area (Å²) in [5.74, 6) is -0.106. The Morgan fingerprint density at radius 1 is 1.20 bits per heavy atom. The maximum Gasteiger partial charge on any atom is 0.335 e. The van der Waals surface area contributed by atoms with Gasteiger partial charge in [0.05, 0.1) is 5.56 Å². The molecular weight excluding hydrogens is 252 g/mol. The van der Waals surface area contributed by atoms with E-state index in [2.05, 4.69) is 16.8 Å². The largest absolute Gasteiger partial charge is 0.478 e. The van der Waals surface area contributed by atoms with Crippen LogP contribution >= 0.6 is 0 Å². The monoisotopic (exact) mass is 274 g/mol. The van der Waals surface area contributed by atoms with Crippen LogP contribution in [0.4, 0.5) is 5.69 Å². The maximum absolute atomic E-state index is 10.9. The zero-order valence-corrected chi connectivity index (χ0v) is 12.0. The van der Waals surface area contributed by atoms with Crippen LogP contribution in [0, 0.1) is 5.92 Å². The van der Waals surface area contributed by atoms with E-state index in [0.717, 1.165) is 30.7 Å². The molecule has 3 rings (SSSR count). The molecule has 4 heteroatoms. The van der Waals surface area contributed by atoms with Gasteiger partial charge in [0, 0.05) is 24.8 Å². The van der Waals surface area contributed by atoms with Gasteiger partial charge in [-0.1, -0.05) is 0 Å². The molecule has 0 aliphatic carbocycles. The van der Waals surface area contributed by atoms with Gasteiger partial charge in [-0.3, -0.25) is 0 Å². The third-order valence-corrected chi connectivity index (χ3v) is 4.83. The quantitative estimate of drug-likeness (QED) is 0.899. The van der Waals surface area contributed by atoms with Gasteiger partial charge in [-0.05, 0) is 63.0 Å². The van der Waals surface area contributed by atoms with Gasteiger partial charge in [0.15, 0.2) is 0 Å². The van der Waals surface area contributed by atoms with Crippen LogP contribution in [0.5, 0.6) is 0 Å². The Morgan fingerprint density at radius 2 is 1.95 bits per heavy atom. The molecule has 0 radical (unpaired) electrons. The molecule has 108 valence electrons. The Kier molecular flexibility index (Phi) is 3.66. The van der Waals surface area contributed by atoms with E-state index in [1.165, 1.54) is 25.8 Å². The highest BCUT2D eigenvalue weighted by Crippen LogP contribution is 2.31. The van der Waals surface area contributed by atoms with E-state index in [-0.39, 0.29) is 0 Å². The van der Waals surface area contributed by atoms with Gasteiger partial charge in [-0.25, -0.2) is 4.79 Å². The topological polar surface area (TPSA) is 43.8 Å². The third-order valence-electron chi connectivity index (χ3n) is 4.83. The van der Waals surface area contributed by atoms with Crippen LogP contribution in [0.15, 0.2) is 24.3 Å². The lowest BCUT2D eigenvalue weighted by atomic mass is 9.84. The van der Waals surface area contributed by atoms with Gasteiger partial charge in [-0.2, -0.15) is 0 Å². The SMILES string of the molecule is CN1CCCC2CN(c3ccc(C(=O)O)cc3)CCC21. The van der Waals surface area contributed by atoms with Gasteiger partial charge in [0.1, 0.15) is 0 Å². The van der Waals surface area contributed by atoms with E-state index >= 15 is 0 Å². The van der Waals surface area contributed by atoms with Crippen molar-refractivity contribution in [3.8, 4) is 0 Å². The van der Waals surface area contributed by atoms with Crippen LogP contribution in [-0.2, 0) is 0 Å². The number of carbonyl (C=O) groups is 1. The van der Waals surface area contributed by atoms with Gasteiger partial charge >= 0.3 is 5.97 Å². The van der Waals surface area contributed by atoms with Crippen LogP contribution in [0.25, 0.3) is 0 Å². The van der Waals surface area contributed by atoms with Crippen LogP contribution in [0.2, 0.25) is 0 Å². The first-order valence-electron chi connectivity index (χ1n) is 7.43. The number of anilines is 1. The fourth-order valence-corrected chi connectivity index (χ4v) is 3.70. The van der Waals surface area contributed by atoms with Crippen molar-refractivity contribution in [2.45, 2.75) is 25.3 Å². The van der Waals surface area contributed by atoms with E-state index in [0.29, 0.717) is 5.56 Å². The lowest BCUT2D eigenvalue weighted by Crippen LogP contribution is -2.52. The van der Waals surface area contributed by atoms with Crippen molar-refractivity contribution < 1.29 is 9.90 Å². The van der Waals surface area contributed by atoms with Gasteiger partial charge < -0.3 is 14.9 Å². The zero-order valence-electron chi connectivity index (χ0n) is 12.0. The Hall–Kier alpha value is -1.55. The van der Waals surface area contributed by atoms with Crippen LogP contribution < -0.4 is 4.90 Å². The minimum absolute atomic E-state index is 0.362. The summed E-state index contributed by atoms with van der Waals surface area (Å²) in [6, 6.07) is 8.03. The Balaban J connectivity index is 1.71. The lowest BCUT2D eigenvalue weighted by Gasteiger charge is -2.46. The third kappa shape index (κ3) is 2.52. The molecule has 0 aromatic heterocycles. The van der Waals surface area contributed by atoms with E-state index in [1.807, 2.05) is 12.1 Å². The molecule has 1 aromatic carbocycles. The van der Waals surface area contributed by atoms with E-state index in [1.54, 1.807) is 12.1 Å². The minimum Gasteiger partial charge on any atom is -0.478 e. The summed E-state index contributed by atoms with van der Waals surface area (Å²) in [5, 5.41) is 8.95. The Morgan fingerprint density at radius 3 is 2.65 bits per heavy atom. The summed E-state index contributed by atoms with van der Waals surface area (Å²) in [7, 11) is 2.24. The average molecular weight is 274 g/mol.